The second-order valence-corrected chi connectivity index (χ2v) is 6.51. The number of aryl methyl sites for hydroxylation is 2. The molecular formula is C20H23NO4. The molecule has 1 atom stereocenters. The van der Waals surface area contributed by atoms with Crippen molar-refractivity contribution in [1.29, 1.82) is 0 Å². The molecule has 0 saturated carbocycles. The van der Waals surface area contributed by atoms with Gasteiger partial charge < -0.3 is 15.2 Å². The van der Waals surface area contributed by atoms with Gasteiger partial charge in [0.05, 0.1) is 12.5 Å². The maximum atomic E-state index is 12.7. The molecule has 0 radical (unpaired) electrons. The van der Waals surface area contributed by atoms with Crippen LogP contribution in [0.15, 0.2) is 41.0 Å². The fourth-order valence-corrected chi connectivity index (χ4v) is 3.62. The van der Waals surface area contributed by atoms with Gasteiger partial charge in [-0.05, 0) is 38.3 Å². The van der Waals surface area contributed by atoms with Gasteiger partial charge in [-0.25, -0.2) is 4.79 Å². The predicted molar refractivity (Wildman–Crippen MR) is 93.5 cm³/mol. The van der Waals surface area contributed by atoms with Crippen LogP contribution in [0.4, 0.5) is 0 Å². The van der Waals surface area contributed by atoms with Crippen molar-refractivity contribution in [3.63, 3.8) is 0 Å². The normalized spacial score (nSPS) is 20.3. The van der Waals surface area contributed by atoms with Gasteiger partial charge in [0.1, 0.15) is 11.3 Å². The molecule has 0 fully saturated rings. The molecule has 5 nitrogen and oxygen atoms in total. The molecule has 0 amide bonds. The van der Waals surface area contributed by atoms with E-state index in [1.165, 1.54) is 0 Å². The molecule has 2 N–H and O–H groups in total. The van der Waals surface area contributed by atoms with Crippen molar-refractivity contribution in [2.24, 2.45) is 5.73 Å². The summed E-state index contributed by atoms with van der Waals surface area (Å²) in [6, 6.07) is 5.97. The average Bonchev–Trinajstić information content (AvgIpc) is 2.54. The molecule has 0 unspecified atom stereocenters. The van der Waals surface area contributed by atoms with Crippen LogP contribution in [0, 0.1) is 13.8 Å². The van der Waals surface area contributed by atoms with Crippen LogP contribution in [0.5, 0.6) is 0 Å². The SMILES string of the molecule is CCOC(=O)C1=C(N)OC2=C(C(=O)CCC2)[C@H]1c1ccc(C)cc1C. The van der Waals surface area contributed by atoms with Crippen molar-refractivity contribution in [3.05, 3.63) is 57.7 Å². The van der Waals surface area contributed by atoms with E-state index >= 15 is 0 Å². The van der Waals surface area contributed by atoms with Gasteiger partial charge in [-0.15, -0.1) is 0 Å². The van der Waals surface area contributed by atoms with E-state index in [0.717, 1.165) is 23.1 Å². The smallest absolute Gasteiger partial charge is 0.340 e. The molecule has 132 valence electrons. The van der Waals surface area contributed by atoms with Crippen LogP contribution >= 0.6 is 0 Å². The van der Waals surface area contributed by atoms with Crippen LogP contribution in [-0.2, 0) is 19.1 Å². The number of allylic oxidation sites excluding steroid dienone is 2. The second-order valence-electron chi connectivity index (χ2n) is 6.51. The van der Waals surface area contributed by atoms with E-state index < -0.39 is 11.9 Å². The summed E-state index contributed by atoms with van der Waals surface area (Å²) in [6.45, 7) is 5.95. The van der Waals surface area contributed by atoms with Crippen LogP contribution in [0.1, 0.15) is 48.8 Å². The Bertz CT molecular complexity index is 804. The van der Waals surface area contributed by atoms with Gasteiger partial charge in [-0.1, -0.05) is 23.8 Å². The molecule has 0 aromatic heterocycles. The quantitative estimate of drug-likeness (QED) is 0.855. The van der Waals surface area contributed by atoms with Gasteiger partial charge in [0.2, 0.25) is 5.88 Å². The van der Waals surface area contributed by atoms with Crippen molar-refractivity contribution in [1.82, 2.24) is 0 Å². The lowest BCUT2D eigenvalue weighted by molar-refractivity contribution is -0.139. The number of Topliss-reactive ketones (excluding diaryl/α,β-unsaturated/α-hetero) is 1. The maximum absolute atomic E-state index is 12.7. The van der Waals surface area contributed by atoms with Crippen LogP contribution in [0.2, 0.25) is 0 Å². The third kappa shape index (κ3) is 3.06. The highest BCUT2D eigenvalue weighted by atomic mass is 16.5. The Hall–Kier alpha value is -2.56. The first-order valence-electron chi connectivity index (χ1n) is 8.62. The third-order valence-electron chi connectivity index (χ3n) is 4.72. The highest BCUT2D eigenvalue weighted by Gasteiger charge is 2.41. The molecule has 0 saturated heterocycles. The van der Waals surface area contributed by atoms with E-state index in [-0.39, 0.29) is 23.8 Å². The van der Waals surface area contributed by atoms with Crippen molar-refractivity contribution in [3.8, 4) is 0 Å². The number of carbonyl (C=O) groups is 2. The summed E-state index contributed by atoms with van der Waals surface area (Å²) < 4.78 is 10.9. The van der Waals surface area contributed by atoms with E-state index in [1.807, 2.05) is 32.0 Å². The lowest BCUT2D eigenvalue weighted by Crippen LogP contribution is -2.31. The minimum Gasteiger partial charge on any atom is -0.462 e. The van der Waals surface area contributed by atoms with Crippen LogP contribution in [0.25, 0.3) is 0 Å². The predicted octanol–water partition coefficient (Wildman–Crippen LogP) is 3.16. The summed E-state index contributed by atoms with van der Waals surface area (Å²) in [7, 11) is 0. The Morgan fingerprint density at radius 3 is 2.76 bits per heavy atom. The lowest BCUT2D eigenvalue weighted by atomic mass is 9.76. The zero-order chi connectivity index (χ0) is 18.1. The zero-order valence-corrected chi connectivity index (χ0v) is 14.8. The molecule has 1 aliphatic carbocycles. The topological polar surface area (TPSA) is 78.6 Å². The van der Waals surface area contributed by atoms with Gasteiger partial charge in [0, 0.05) is 18.4 Å². The lowest BCUT2D eigenvalue weighted by Gasteiger charge is -2.33. The number of nitrogens with two attached hydrogens (primary N) is 1. The van der Waals surface area contributed by atoms with Crippen molar-refractivity contribution in [2.45, 2.75) is 46.0 Å². The Balaban J connectivity index is 2.20. The Labute approximate surface area is 147 Å². The highest BCUT2D eigenvalue weighted by Crippen LogP contribution is 2.44. The molecular weight excluding hydrogens is 318 g/mol. The molecule has 5 heteroatoms. The van der Waals surface area contributed by atoms with Gasteiger partial charge in [-0.3, -0.25) is 4.79 Å². The van der Waals surface area contributed by atoms with Crippen molar-refractivity contribution < 1.29 is 19.1 Å². The minimum absolute atomic E-state index is 0.0144. The summed E-state index contributed by atoms with van der Waals surface area (Å²) in [5, 5.41) is 0. The van der Waals surface area contributed by atoms with E-state index in [9.17, 15) is 9.59 Å². The summed E-state index contributed by atoms with van der Waals surface area (Å²) in [5.74, 6) is -0.421. The number of hydrogen-bond donors (Lipinski definition) is 1. The first kappa shape index (κ1) is 17.3. The summed E-state index contributed by atoms with van der Waals surface area (Å²) >= 11 is 0. The number of carbonyl (C=O) groups excluding carboxylic acids is 2. The zero-order valence-electron chi connectivity index (χ0n) is 14.8. The van der Waals surface area contributed by atoms with E-state index in [1.54, 1.807) is 6.92 Å². The van der Waals surface area contributed by atoms with E-state index in [2.05, 4.69) is 0 Å². The van der Waals surface area contributed by atoms with Crippen molar-refractivity contribution >= 4 is 11.8 Å². The van der Waals surface area contributed by atoms with Gasteiger partial charge in [0.25, 0.3) is 0 Å². The number of ether oxygens (including phenoxy) is 2. The molecule has 0 spiro atoms. The molecule has 1 heterocycles. The van der Waals surface area contributed by atoms with E-state index in [0.29, 0.717) is 24.2 Å². The fraction of sp³-hybridized carbons (Fsp3) is 0.400. The summed E-state index contributed by atoms with van der Waals surface area (Å²) in [5.41, 5.74) is 9.87. The van der Waals surface area contributed by atoms with Gasteiger partial charge >= 0.3 is 5.97 Å². The van der Waals surface area contributed by atoms with Gasteiger partial charge in [0.15, 0.2) is 5.78 Å². The number of hydrogen-bond acceptors (Lipinski definition) is 5. The molecule has 25 heavy (non-hydrogen) atoms. The molecule has 3 rings (SSSR count). The maximum Gasteiger partial charge on any atom is 0.340 e. The Morgan fingerprint density at radius 1 is 1.32 bits per heavy atom. The average molecular weight is 341 g/mol. The third-order valence-corrected chi connectivity index (χ3v) is 4.72. The fourth-order valence-electron chi connectivity index (χ4n) is 3.62. The molecule has 1 aromatic rings. The molecule has 1 aliphatic heterocycles. The van der Waals surface area contributed by atoms with Crippen LogP contribution in [-0.4, -0.2) is 18.4 Å². The van der Waals surface area contributed by atoms with Crippen LogP contribution < -0.4 is 5.73 Å². The van der Waals surface area contributed by atoms with Crippen molar-refractivity contribution in [2.75, 3.05) is 6.61 Å². The summed E-state index contributed by atoms with van der Waals surface area (Å²) in [4.78, 5) is 25.2. The number of ketones is 1. The number of esters is 1. The van der Waals surface area contributed by atoms with Crippen LogP contribution in [0.3, 0.4) is 0 Å². The monoisotopic (exact) mass is 341 g/mol. The number of benzene rings is 1. The molecule has 0 bridgehead atoms. The first-order valence-corrected chi connectivity index (χ1v) is 8.62. The van der Waals surface area contributed by atoms with Gasteiger partial charge in [-0.2, -0.15) is 0 Å². The first-order chi connectivity index (χ1) is 11.9. The second kappa shape index (κ2) is 6.75. The Morgan fingerprint density at radius 2 is 2.08 bits per heavy atom. The number of rotatable bonds is 3. The Kier molecular flexibility index (Phi) is 4.66. The standard InChI is InChI=1S/C20H23NO4/c1-4-24-20(23)18-16(13-9-8-11(2)10-12(13)3)17-14(22)6-5-7-15(17)25-19(18)21/h8-10,16H,4-7,21H2,1-3H3/t16-/m1/s1. The van der Waals surface area contributed by atoms with E-state index in [4.69, 9.17) is 15.2 Å². The minimum atomic E-state index is -0.533. The summed E-state index contributed by atoms with van der Waals surface area (Å²) in [6.07, 6.45) is 1.85. The highest BCUT2D eigenvalue weighted by molar-refractivity contribution is 6.03. The largest absolute Gasteiger partial charge is 0.462 e. The molecule has 1 aromatic carbocycles. The molecule has 2 aliphatic rings.